The molecule has 2 heterocycles. The highest BCUT2D eigenvalue weighted by molar-refractivity contribution is 5.78. The summed E-state index contributed by atoms with van der Waals surface area (Å²) in [6, 6.07) is 7.95. The normalized spacial score (nSPS) is 11.3. The van der Waals surface area contributed by atoms with Crippen molar-refractivity contribution in [2.75, 3.05) is 0 Å². The van der Waals surface area contributed by atoms with Gasteiger partial charge in [0.25, 0.3) is 0 Å². The number of nitrogens with one attached hydrogen (secondary N) is 1. The van der Waals surface area contributed by atoms with Crippen LogP contribution in [0.25, 0.3) is 11.5 Å². The number of rotatable bonds is 5. The predicted molar refractivity (Wildman–Crippen MR) is 86.7 cm³/mol. The van der Waals surface area contributed by atoms with Crippen LogP contribution in [0.4, 0.5) is 13.2 Å². The summed E-state index contributed by atoms with van der Waals surface area (Å²) < 4.78 is 42.9. The molecular formula is C18H14F3N3O2. The summed E-state index contributed by atoms with van der Waals surface area (Å²) in [6.45, 7) is 0.128. The molecule has 3 rings (SSSR count). The molecule has 0 aliphatic rings. The van der Waals surface area contributed by atoms with E-state index >= 15 is 0 Å². The molecule has 1 amide bonds. The Bertz CT molecular complexity index is 875. The van der Waals surface area contributed by atoms with Crippen molar-refractivity contribution < 1.29 is 22.4 Å². The van der Waals surface area contributed by atoms with E-state index in [0.29, 0.717) is 22.7 Å². The molecule has 2 aromatic heterocycles. The van der Waals surface area contributed by atoms with Crippen LogP contribution in [-0.4, -0.2) is 15.9 Å². The Kier molecular flexibility index (Phi) is 5.01. The molecule has 8 heteroatoms. The van der Waals surface area contributed by atoms with E-state index in [1.165, 1.54) is 30.8 Å². The van der Waals surface area contributed by atoms with Crippen LogP contribution in [0.3, 0.4) is 0 Å². The van der Waals surface area contributed by atoms with Crippen molar-refractivity contribution in [1.29, 1.82) is 0 Å². The van der Waals surface area contributed by atoms with Crippen LogP contribution in [0, 0.1) is 0 Å². The topological polar surface area (TPSA) is 68.0 Å². The highest BCUT2D eigenvalue weighted by Crippen LogP contribution is 2.29. The van der Waals surface area contributed by atoms with E-state index in [1.54, 1.807) is 12.1 Å². The molecule has 0 saturated heterocycles. The molecule has 26 heavy (non-hydrogen) atoms. The maximum atomic E-state index is 12.5. The lowest BCUT2D eigenvalue weighted by Gasteiger charge is -2.09. The molecule has 3 aromatic rings. The fourth-order valence-corrected chi connectivity index (χ4v) is 2.36. The molecule has 1 aromatic carbocycles. The third kappa shape index (κ3) is 4.27. The molecule has 1 N–H and O–H groups in total. The maximum absolute atomic E-state index is 12.5. The van der Waals surface area contributed by atoms with Crippen LogP contribution in [0.5, 0.6) is 0 Å². The van der Waals surface area contributed by atoms with Gasteiger partial charge < -0.3 is 9.73 Å². The summed E-state index contributed by atoms with van der Waals surface area (Å²) in [5, 5.41) is 2.69. The Morgan fingerprint density at radius 1 is 1.08 bits per heavy atom. The lowest BCUT2D eigenvalue weighted by molar-refractivity contribution is -0.137. The van der Waals surface area contributed by atoms with E-state index < -0.39 is 11.7 Å². The first-order valence-electron chi connectivity index (χ1n) is 7.70. The van der Waals surface area contributed by atoms with Gasteiger partial charge in [0, 0.05) is 12.4 Å². The third-order valence-corrected chi connectivity index (χ3v) is 3.63. The van der Waals surface area contributed by atoms with Crippen molar-refractivity contribution in [2.24, 2.45) is 0 Å². The summed E-state index contributed by atoms with van der Waals surface area (Å²) >= 11 is 0. The number of carbonyl (C=O) groups is 1. The zero-order chi connectivity index (χ0) is 18.6. The van der Waals surface area contributed by atoms with Gasteiger partial charge in [0.2, 0.25) is 5.91 Å². The first-order valence-corrected chi connectivity index (χ1v) is 7.70. The summed E-state index contributed by atoms with van der Waals surface area (Å²) in [6.07, 6.45) is 0.107. The van der Waals surface area contributed by atoms with E-state index in [4.69, 9.17) is 4.42 Å². The number of amides is 1. The molecular weight excluding hydrogens is 347 g/mol. The summed E-state index contributed by atoms with van der Waals surface area (Å²) in [4.78, 5) is 20.5. The number of furan rings is 1. The molecule has 0 unspecified atom stereocenters. The maximum Gasteiger partial charge on any atom is 0.416 e. The Morgan fingerprint density at radius 2 is 1.81 bits per heavy atom. The number of nitrogens with zero attached hydrogens (tertiary/aromatic N) is 2. The van der Waals surface area contributed by atoms with Crippen molar-refractivity contribution in [2.45, 2.75) is 19.1 Å². The van der Waals surface area contributed by atoms with Crippen LogP contribution in [0.15, 0.2) is 59.5 Å². The van der Waals surface area contributed by atoms with E-state index in [2.05, 4.69) is 15.3 Å². The predicted octanol–water partition coefficient (Wildman–Crippen LogP) is 3.61. The zero-order valence-electron chi connectivity index (χ0n) is 13.5. The van der Waals surface area contributed by atoms with Gasteiger partial charge in [-0.3, -0.25) is 9.78 Å². The standard InChI is InChI=1S/C18H14F3N3O2/c19-18(20,21)13-5-3-12(4-6-13)10-16(25)24-11-14-17(23-8-7-22-14)15-2-1-9-26-15/h1-9H,10-11H2,(H,24,25). The fourth-order valence-electron chi connectivity index (χ4n) is 2.36. The van der Waals surface area contributed by atoms with Gasteiger partial charge in [-0.2, -0.15) is 13.2 Å². The molecule has 0 bridgehead atoms. The summed E-state index contributed by atoms with van der Waals surface area (Å²) in [7, 11) is 0. The van der Waals surface area contributed by atoms with E-state index in [-0.39, 0.29) is 18.9 Å². The highest BCUT2D eigenvalue weighted by Gasteiger charge is 2.29. The Morgan fingerprint density at radius 3 is 2.46 bits per heavy atom. The average molecular weight is 361 g/mol. The van der Waals surface area contributed by atoms with Gasteiger partial charge in [0.1, 0.15) is 5.69 Å². The minimum absolute atomic E-state index is 0.0332. The first-order chi connectivity index (χ1) is 12.4. The SMILES string of the molecule is O=C(Cc1ccc(C(F)(F)F)cc1)NCc1nccnc1-c1ccco1. The first kappa shape index (κ1) is 17.7. The minimum Gasteiger partial charge on any atom is -0.463 e. The van der Waals surface area contributed by atoms with Gasteiger partial charge in [0.15, 0.2) is 5.76 Å². The van der Waals surface area contributed by atoms with Crippen LogP contribution >= 0.6 is 0 Å². The van der Waals surface area contributed by atoms with Gasteiger partial charge in [0.05, 0.1) is 30.5 Å². The Labute approximate surface area is 146 Å². The summed E-state index contributed by atoms with van der Waals surface area (Å²) in [5.74, 6) is 0.200. The lowest BCUT2D eigenvalue weighted by atomic mass is 10.1. The second-order valence-corrected chi connectivity index (χ2v) is 5.48. The van der Waals surface area contributed by atoms with E-state index in [9.17, 15) is 18.0 Å². The molecule has 0 fully saturated rings. The number of hydrogen-bond donors (Lipinski definition) is 1. The van der Waals surface area contributed by atoms with Crippen molar-refractivity contribution in [1.82, 2.24) is 15.3 Å². The van der Waals surface area contributed by atoms with Gasteiger partial charge in [-0.25, -0.2) is 4.98 Å². The molecule has 0 spiro atoms. The average Bonchev–Trinajstić information content (AvgIpc) is 3.14. The fraction of sp³-hybridized carbons (Fsp3) is 0.167. The number of halogens is 3. The van der Waals surface area contributed by atoms with Gasteiger partial charge in [-0.05, 0) is 29.8 Å². The molecule has 0 aliphatic carbocycles. The van der Waals surface area contributed by atoms with Gasteiger partial charge in [-0.1, -0.05) is 12.1 Å². The Hall–Kier alpha value is -3.16. The van der Waals surface area contributed by atoms with Crippen molar-refractivity contribution in [3.8, 4) is 11.5 Å². The van der Waals surface area contributed by atoms with E-state index in [0.717, 1.165) is 12.1 Å². The van der Waals surface area contributed by atoms with E-state index in [1.807, 2.05) is 0 Å². The van der Waals surface area contributed by atoms with Crippen LogP contribution in [0.2, 0.25) is 0 Å². The number of aromatic nitrogens is 2. The molecule has 0 aliphatic heterocycles. The lowest BCUT2D eigenvalue weighted by Crippen LogP contribution is -2.25. The van der Waals surface area contributed by atoms with Crippen LogP contribution < -0.4 is 5.32 Å². The smallest absolute Gasteiger partial charge is 0.416 e. The third-order valence-electron chi connectivity index (χ3n) is 3.63. The van der Waals surface area contributed by atoms with Crippen molar-refractivity contribution in [3.05, 3.63) is 71.9 Å². The molecule has 0 radical (unpaired) electrons. The second kappa shape index (κ2) is 7.38. The molecule has 134 valence electrons. The minimum atomic E-state index is -4.39. The monoisotopic (exact) mass is 361 g/mol. The quantitative estimate of drug-likeness (QED) is 0.754. The largest absolute Gasteiger partial charge is 0.463 e. The second-order valence-electron chi connectivity index (χ2n) is 5.48. The Balaban J connectivity index is 1.62. The van der Waals surface area contributed by atoms with Crippen molar-refractivity contribution in [3.63, 3.8) is 0 Å². The van der Waals surface area contributed by atoms with Gasteiger partial charge in [-0.15, -0.1) is 0 Å². The molecule has 0 atom stereocenters. The highest BCUT2D eigenvalue weighted by atomic mass is 19.4. The molecule has 0 saturated carbocycles. The van der Waals surface area contributed by atoms with Crippen molar-refractivity contribution >= 4 is 5.91 Å². The van der Waals surface area contributed by atoms with Crippen LogP contribution in [-0.2, 0) is 23.9 Å². The zero-order valence-corrected chi connectivity index (χ0v) is 13.5. The number of carbonyl (C=O) groups excluding carboxylic acids is 1. The summed E-state index contributed by atoms with van der Waals surface area (Å²) in [5.41, 5.74) is 0.792. The number of hydrogen-bond acceptors (Lipinski definition) is 4. The number of benzene rings is 1. The molecule has 5 nitrogen and oxygen atoms in total. The van der Waals surface area contributed by atoms with Crippen LogP contribution in [0.1, 0.15) is 16.8 Å². The van der Waals surface area contributed by atoms with Gasteiger partial charge >= 0.3 is 6.18 Å². The number of alkyl halides is 3.